The SMILES string of the molecule is CCOC(=O)c1cn(CCO)c2ccc(C(=O)/C=C/c3ccc([N+](=O)[O-])o3)cc2c1=O. The van der Waals surface area contributed by atoms with E-state index in [1.165, 1.54) is 41.1 Å². The van der Waals surface area contributed by atoms with Crippen molar-refractivity contribution in [3.63, 3.8) is 0 Å². The Morgan fingerprint density at radius 1 is 1.29 bits per heavy atom. The number of ether oxygens (including phenoxy) is 1. The second-order valence-corrected chi connectivity index (χ2v) is 6.37. The number of aromatic nitrogens is 1. The minimum atomic E-state index is -0.794. The predicted molar refractivity (Wildman–Crippen MR) is 110 cm³/mol. The van der Waals surface area contributed by atoms with Gasteiger partial charge in [0.05, 0.1) is 24.8 Å². The molecule has 0 amide bonds. The summed E-state index contributed by atoms with van der Waals surface area (Å²) in [7, 11) is 0. The Morgan fingerprint density at radius 3 is 2.71 bits per heavy atom. The van der Waals surface area contributed by atoms with Gasteiger partial charge in [-0.25, -0.2) is 4.79 Å². The molecular formula is C21H18N2O8. The minimum absolute atomic E-state index is 0.0879. The van der Waals surface area contributed by atoms with Gasteiger partial charge >= 0.3 is 11.9 Å². The van der Waals surface area contributed by atoms with Crippen LogP contribution in [0.15, 0.2) is 51.8 Å². The lowest BCUT2D eigenvalue weighted by molar-refractivity contribution is -0.402. The lowest BCUT2D eigenvalue weighted by atomic mass is 10.0. The fourth-order valence-corrected chi connectivity index (χ4v) is 2.98. The van der Waals surface area contributed by atoms with Gasteiger partial charge < -0.3 is 18.8 Å². The van der Waals surface area contributed by atoms with Crippen LogP contribution >= 0.6 is 0 Å². The van der Waals surface area contributed by atoms with E-state index in [0.29, 0.717) is 5.52 Å². The molecule has 2 heterocycles. The summed E-state index contributed by atoms with van der Waals surface area (Å²) >= 11 is 0. The smallest absolute Gasteiger partial charge is 0.433 e. The molecule has 0 aliphatic rings. The number of carbonyl (C=O) groups is 2. The molecule has 0 aliphatic carbocycles. The normalized spacial score (nSPS) is 11.2. The lowest BCUT2D eigenvalue weighted by Gasteiger charge is -2.12. The third-order valence-corrected chi connectivity index (χ3v) is 4.39. The quantitative estimate of drug-likeness (QED) is 0.190. The van der Waals surface area contributed by atoms with E-state index in [1.807, 2.05) is 0 Å². The van der Waals surface area contributed by atoms with E-state index >= 15 is 0 Å². The highest BCUT2D eigenvalue weighted by atomic mass is 16.6. The Balaban J connectivity index is 2.01. The van der Waals surface area contributed by atoms with Gasteiger partial charge in [-0.2, -0.15) is 0 Å². The van der Waals surface area contributed by atoms with Gasteiger partial charge in [-0.3, -0.25) is 19.7 Å². The summed E-state index contributed by atoms with van der Waals surface area (Å²) in [4.78, 5) is 47.5. The first-order valence-corrected chi connectivity index (χ1v) is 9.27. The van der Waals surface area contributed by atoms with Crippen molar-refractivity contribution in [2.75, 3.05) is 13.2 Å². The van der Waals surface area contributed by atoms with Crippen LogP contribution in [0.4, 0.5) is 5.88 Å². The van der Waals surface area contributed by atoms with Gasteiger partial charge in [-0.05, 0) is 43.3 Å². The lowest BCUT2D eigenvalue weighted by Crippen LogP contribution is -2.21. The van der Waals surface area contributed by atoms with E-state index in [2.05, 4.69) is 0 Å². The summed E-state index contributed by atoms with van der Waals surface area (Å²) in [6, 6.07) is 6.91. The Kier molecular flexibility index (Phi) is 6.41. The van der Waals surface area contributed by atoms with Gasteiger partial charge in [0.1, 0.15) is 16.2 Å². The number of furan rings is 1. The van der Waals surface area contributed by atoms with Gasteiger partial charge in [-0.15, -0.1) is 0 Å². The maximum absolute atomic E-state index is 12.8. The van der Waals surface area contributed by atoms with Gasteiger partial charge in [0.25, 0.3) is 0 Å². The number of pyridine rings is 1. The van der Waals surface area contributed by atoms with Crippen LogP contribution in [0.2, 0.25) is 0 Å². The van der Waals surface area contributed by atoms with Crippen LogP contribution in [-0.2, 0) is 11.3 Å². The maximum atomic E-state index is 12.8. The number of nitro groups is 1. The monoisotopic (exact) mass is 426 g/mol. The first kappa shape index (κ1) is 21.7. The fourth-order valence-electron chi connectivity index (χ4n) is 2.98. The van der Waals surface area contributed by atoms with Crippen molar-refractivity contribution < 1.29 is 28.8 Å². The van der Waals surface area contributed by atoms with E-state index in [4.69, 9.17) is 9.15 Å². The number of aliphatic hydroxyl groups excluding tert-OH is 1. The molecule has 10 nitrogen and oxygen atoms in total. The zero-order valence-corrected chi connectivity index (χ0v) is 16.4. The summed E-state index contributed by atoms with van der Waals surface area (Å²) in [6.45, 7) is 1.61. The molecule has 0 bridgehead atoms. The standard InChI is InChI=1S/C21H18N2O8/c1-2-30-21(27)16-12-22(9-10-24)17-6-3-13(11-15(17)20(16)26)18(25)7-4-14-5-8-19(31-14)23(28)29/h3-8,11-12,24H,2,9-10H2,1H3/b7-4+. The molecule has 3 rings (SSSR count). The molecule has 0 aliphatic heterocycles. The maximum Gasteiger partial charge on any atom is 0.433 e. The fraction of sp³-hybridized carbons (Fsp3) is 0.190. The minimum Gasteiger partial charge on any atom is -0.462 e. The van der Waals surface area contributed by atoms with Crippen molar-refractivity contribution in [2.24, 2.45) is 0 Å². The van der Waals surface area contributed by atoms with Crippen molar-refractivity contribution in [1.82, 2.24) is 4.57 Å². The molecule has 0 saturated carbocycles. The van der Waals surface area contributed by atoms with E-state index in [1.54, 1.807) is 13.0 Å². The van der Waals surface area contributed by atoms with Crippen LogP contribution in [0.1, 0.15) is 33.4 Å². The highest BCUT2D eigenvalue weighted by Gasteiger charge is 2.18. The topological polar surface area (TPSA) is 142 Å². The summed E-state index contributed by atoms with van der Waals surface area (Å²) in [5.74, 6) is -1.60. The summed E-state index contributed by atoms with van der Waals surface area (Å²) < 4.78 is 11.4. The molecule has 0 fully saturated rings. The van der Waals surface area contributed by atoms with Crippen molar-refractivity contribution in [3.05, 3.63) is 79.8 Å². The van der Waals surface area contributed by atoms with Crippen LogP contribution in [0.25, 0.3) is 17.0 Å². The molecule has 31 heavy (non-hydrogen) atoms. The van der Waals surface area contributed by atoms with Crippen LogP contribution in [0, 0.1) is 10.1 Å². The van der Waals surface area contributed by atoms with Crippen molar-refractivity contribution in [1.29, 1.82) is 0 Å². The zero-order chi connectivity index (χ0) is 22.5. The van der Waals surface area contributed by atoms with Crippen molar-refractivity contribution in [3.8, 4) is 0 Å². The number of nitrogens with zero attached hydrogens (tertiary/aromatic N) is 2. The highest BCUT2D eigenvalue weighted by Crippen LogP contribution is 2.19. The number of allylic oxidation sites excluding steroid dienone is 1. The first-order chi connectivity index (χ1) is 14.8. The Labute approximate surface area is 175 Å². The number of benzene rings is 1. The molecule has 1 aromatic carbocycles. The van der Waals surface area contributed by atoms with Crippen molar-refractivity contribution in [2.45, 2.75) is 13.5 Å². The van der Waals surface area contributed by atoms with Crippen LogP contribution in [0.5, 0.6) is 0 Å². The third kappa shape index (κ3) is 4.59. The number of hydrogen-bond acceptors (Lipinski definition) is 8. The van der Waals surface area contributed by atoms with E-state index in [-0.39, 0.29) is 42.0 Å². The van der Waals surface area contributed by atoms with E-state index in [9.17, 15) is 29.6 Å². The molecular weight excluding hydrogens is 408 g/mol. The zero-order valence-electron chi connectivity index (χ0n) is 16.4. The molecule has 10 heteroatoms. The van der Waals surface area contributed by atoms with Gasteiger partial charge in [0.15, 0.2) is 5.78 Å². The molecule has 0 atom stereocenters. The molecule has 160 valence electrons. The van der Waals surface area contributed by atoms with E-state index < -0.39 is 28.0 Å². The second-order valence-electron chi connectivity index (χ2n) is 6.37. The number of hydrogen-bond donors (Lipinski definition) is 1. The van der Waals surface area contributed by atoms with Crippen LogP contribution in [-0.4, -0.2) is 39.6 Å². The van der Waals surface area contributed by atoms with Crippen LogP contribution < -0.4 is 5.43 Å². The molecule has 3 aromatic rings. The van der Waals surface area contributed by atoms with Gasteiger partial charge in [0, 0.05) is 23.7 Å². The van der Waals surface area contributed by atoms with Crippen LogP contribution in [0.3, 0.4) is 0 Å². The Bertz CT molecular complexity index is 1250. The molecule has 0 spiro atoms. The van der Waals surface area contributed by atoms with E-state index in [0.717, 1.165) is 6.08 Å². The largest absolute Gasteiger partial charge is 0.462 e. The number of rotatable bonds is 8. The highest BCUT2D eigenvalue weighted by molar-refractivity contribution is 6.08. The molecule has 0 unspecified atom stereocenters. The van der Waals surface area contributed by atoms with Gasteiger partial charge in [0.2, 0.25) is 5.43 Å². The Morgan fingerprint density at radius 2 is 2.06 bits per heavy atom. The van der Waals surface area contributed by atoms with Gasteiger partial charge in [-0.1, -0.05) is 0 Å². The summed E-state index contributed by atoms with van der Waals surface area (Å²) in [5.41, 5.74) is -0.193. The number of ketones is 1. The number of aliphatic hydroxyl groups is 1. The van der Waals surface area contributed by atoms with Crippen molar-refractivity contribution >= 4 is 34.6 Å². The predicted octanol–water partition coefficient (Wildman–Crippen LogP) is 2.57. The molecule has 2 aromatic heterocycles. The molecule has 0 saturated heterocycles. The summed E-state index contributed by atoms with van der Waals surface area (Å²) in [6.07, 6.45) is 3.76. The average molecular weight is 426 g/mol. The number of carbonyl (C=O) groups excluding carboxylic acids is 2. The number of esters is 1. The average Bonchev–Trinajstić information content (AvgIpc) is 3.23. The summed E-state index contributed by atoms with van der Waals surface area (Å²) in [5, 5.41) is 20.1. The number of fused-ring (bicyclic) bond motifs is 1. The molecule has 1 N–H and O–H groups in total. The second kappa shape index (κ2) is 9.18. The Hall–Kier alpha value is -4.05. The first-order valence-electron chi connectivity index (χ1n) is 9.27. The third-order valence-electron chi connectivity index (χ3n) is 4.39. The molecule has 0 radical (unpaired) electrons.